The molecule has 0 aromatic heterocycles. The minimum Gasteiger partial charge on any atom is -1.00 e. The molecular formula is C4H7KO6S2. The smallest absolute Gasteiger partial charge is 1.00 e. The summed E-state index contributed by atoms with van der Waals surface area (Å²) in [7, 11) is 0.726. The second kappa shape index (κ2) is 8.50. The Hall–Kier alpha value is 1.20. The molecule has 9 heteroatoms. The summed E-state index contributed by atoms with van der Waals surface area (Å²) in [6, 6.07) is 0. The summed E-state index contributed by atoms with van der Waals surface area (Å²) in [6.45, 7) is 0. The molecule has 2 unspecified atom stereocenters. The van der Waals surface area contributed by atoms with Gasteiger partial charge in [0.2, 0.25) is 10.9 Å². The standard InChI is InChI=1S/C4H6O6S2.K.H/c5-1(6)3(9)11-12-4(10)2(7)8;;/h3-4,9-10H,(H,5,6)(H,7,8);;/q;+1;-1. The number of carbonyl (C=O) groups is 2. The Labute approximate surface area is 125 Å². The van der Waals surface area contributed by atoms with Gasteiger partial charge in [-0.3, -0.25) is 0 Å². The van der Waals surface area contributed by atoms with Gasteiger partial charge in [0, 0.05) is 0 Å². The van der Waals surface area contributed by atoms with Gasteiger partial charge in [-0.15, -0.1) is 0 Å². The number of carboxylic acid groups (broad SMARTS) is 2. The summed E-state index contributed by atoms with van der Waals surface area (Å²) in [5.41, 5.74) is -3.46. The SMILES string of the molecule is O=C(O)C(O)SSC(O)C(=O)O.[H-].[K+]. The average Bonchev–Trinajstić information content (AvgIpc) is 1.98. The number of rotatable bonds is 5. The van der Waals surface area contributed by atoms with Crippen LogP contribution in [0.15, 0.2) is 0 Å². The van der Waals surface area contributed by atoms with Crippen LogP contribution in [0.2, 0.25) is 0 Å². The Balaban J connectivity index is -0.000000605. The maximum Gasteiger partial charge on any atom is 1.00 e. The zero-order valence-electron chi connectivity index (χ0n) is 7.58. The molecule has 2 atom stereocenters. The quantitative estimate of drug-likeness (QED) is 0.225. The van der Waals surface area contributed by atoms with E-state index in [1.54, 1.807) is 0 Å². The molecule has 0 heterocycles. The first kappa shape index (κ1) is 16.6. The molecule has 0 fully saturated rings. The van der Waals surface area contributed by atoms with Crippen molar-refractivity contribution in [2.75, 3.05) is 0 Å². The second-order valence-electron chi connectivity index (χ2n) is 1.57. The summed E-state index contributed by atoms with van der Waals surface area (Å²) in [4.78, 5) is 19.9. The van der Waals surface area contributed by atoms with Crippen molar-refractivity contribution in [3.63, 3.8) is 0 Å². The Morgan fingerprint density at radius 1 is 1.00 bits per heavy atom. The number of hydrogen-bond acceptors (Lipinski definition) is 6. The third kappa shape index (κ3) is 8.21. The molecule has 6 nitrogen and oxygen atoms in total. The summed E-state index contributed by atoms with van der Waals surface area (Å²) in [6.07, 6.45) is 0. The molecule has 0 saturated carbocycles. The van der Waals surface area contributed by atoms with E-state index in [0.717, 1.165) is 0 Å². The Kier molecular flexibility index (Phi) is 10.9. The molecular weight excluding hydrogens is 247 g/mol. The van der Waals surface area contributed by atoms with Gasteiger partial charge in [-0.05, 0) is 21.6 Å². The van der Waals surface area contributed by atoms with E-state index in [2.05, 4.69) is 0 Å². The van der Waals surface area contributed by atoms with E-state index in [1.165, 1.54) is 0 Å². The molecule has 0 aliphatic heterocycles. The minimum atomic E-state index is -1.73. The van der Waals surface area contributed by atoms with Crippen LogP contribution in [0, 0.1) is 0 Å². The second-order valence-corrected chi connectivity index (χ2v) is 4.01. The number of aliphatic hydroxyl groups is 2. The zero-order valence-corrected chi connectivity index (χ0v) is 11.3. The van der Waals surface area contributed by atoms with Crippen molar-refractivity contribution in [2.24, 2.45) is 0 Å². The van der Waals surface area contributed by atoms with Crippen LogP contribution >= 0.6 is 21.6 Å². The predicted molar refractivity (Wildman–Crippen MR) is 43.6 cm³/mol. The molecule has 72 valence electrons. The van der Waals surface area contributed by atoms with Crippen LogP contribution in [0.3, 0.4) is 0 Å². The third-order valence-electron chi connectivity index (χ3n) is 0.660. The van der Waals surface area contributed by atoms with Crippen molar-refractivity contribution in [2.45, 2.75) is 10.9 Å². The van der Waals surface area contributed by atoms with Crippen LogP contribution in [-0.2, 0) is 9.59 Å². The molecule has 0 bridgehead atoms. The van der Waals surface area contributed by atoms with E-state index in [1.807, 2.05) is 0 Å². The number of hydrogen-bond donors (Lipinski definition) is 4. The average molecular weight is 254 g/mol. The van der Waals surface area contributed by atoms with Gasteiger partial charge in [0.25, 0.3) is 0 Å². The van der Waals surface area contributed by atoms with Gasteiger partial charge < -0.3 is 21.9 Å². The monoisotopic (exact) mass is 254 g/mol. The first-order chi connectivity index (χ1) is 5.45. The normalized spacial score (nSPS) is 14.0. The summed E-state index contributed by atoms with van der Waals surface area (Å²) >= 11 is 0. The first-order valence-corrected chi connectivity index (χ1v) is 4.86. The molecule has 0 rings (SSSR count). The van der Waals surface area contributed by atoms with E-state index in [0.29, 0.717) is 21.6 Å². The Morgan fingerprint density at radius 2 is 1.23 bits per heavy atom. The maximum atomic E-state index is 9.97. The Morgan fingerprint density at radius 3 is 1.38 bits per heavy atom. The molecule has 0 aliphatic rings. The number of aliphatic hydroxyl groups excluding tert-OH is 2. The van der Waals surface area contributed by atoms with Crippen LogP contribution in [0.1, 0.15) is 1.43 Å². The predicted octanol–water partition coefficient (Wildman–Crippen LogP) is -3.71. The van der Waals surface area contributed by atoms with Gasteiger partial charge in [0.05, 0.1) is 0 Å². The molecule has 13 heavy (non-hydrogen) atoms. The Bertz CT molecular complexity index is 173. The topological polar surface area (TPSA) is 115 Å². The van der Waals surface area contributed by atoms with Crippen molar-refractivity contribution in [1.29, 1.82) is 0 Å². The molecule has 0 saturated heterocycles. The number of carboxylic acids is 2. The van der Waals surface area contributed by atoms with E-state index >= 15 is 0 Å². The minimum absolute atomic E-state index is 0. The third-order valence-corrected chi connectivity index (χ3v) is 2.97. The van der Waals surface area contributed by atoms with Crippen molar-refractivity contribution in [3.05, 3.63) is 0 Å². The van der Waals surface area contributed by atoms with E-state index < -0.39 is 22.8 Å². The van der Waals surface area contributed by atoms with Gasteiger partial charge in [-0.1, -0.05) is 0 Å². The van der Waals surface area contributed by atoms with Gasteiger partial charge in [-0.2, -0.15) is 0 Å². The fourth-order valence-electron chi connectivity index (χ4n) is 0.188. The van der Waals surface area contributed by atoms with Crippen molar-refractivity contribution in [1.82, 2.24) is 0 Å². The van der Waals surface area contributed by atoms with Crippen LogP contribution in [0.5, 0.6) is 0 Å². The summed E-state index contributed by atoms with van der Waals surface area (Å²) in [5, 5.41) is 33.4. The summed E-state index contributed by atoms with van der Waals surface area (Å²) in [5.74, 6) is -2.96. The van der Waals surface area contributed by atoms with E-state index in [4.69, 9.17) is 20.4 Å². The molecule has 4 N–H and O–H groups in total. The molecule has 0 aromatic rings. The van der Waals surface area contributed by atoms with E-state index in [-0.39, 0.29) is 52.8 Å². The molecule has 0 amide bonds. The van der Waals surface area contributed by atoms with E-state index in [9.17, 15) is 9.59 Å². The molecule has 0 aliphatic carbocycles. The molecule has 0 aromatic carbocycles. The van der Waals surface area contributed by atoms with Gasteiger partial charge >= 0.3 is 63.3 Å². The maximum absolute atomic E-state index is 9.97. The van der Waals surface area contributed by atoms with Crippen LogP contribution < -0.4 is 51.4 Å². The van der Waals surface area contributed by atoms with Crippen LogP contribution in [-0.4, -0.2) is 43.2 Å². The van der Waals surface area contributed by atoms with Crippen molar-refractivity contribution in [3.8, 4) is 0 Å². The summed E-state index contributed by atoms with van der Waals surface area (Å²) < 4.78 is 0. The van der Waals surface area contributed by atoms with Gasteiger partial charge in [0.1, 0.15) is 0 Å². The van der Waals surface area contributed by atoms with Crippen LogP contribution in [0.4, 0.5) is 0 Å². The fourth-order valence-corrected chi connectivity index (χ4v) is 1.69. The van der Waals surface area contributed by atoms with Crippen molar-refractivity contribution >= 4 is 33.5 Å². The fraction of sp³-hybridized carbons (Fsp3) is 0.500. The number of aliphatic carboxylic acids is 2. The molecule has 0 radical (unpaired) electrons. The molecule has 0 spiro atoms. The van der Waals surface area contributed by atoms with Gasteiger partial charge in [0.15, 0.2) is 0 Å². The first-order valence-electron chi connectivity index (χ1n) is 2.59. The van der Waals surface area contributed by atoms with Crippen LogP contribution in [0.25, 0.3) is 0 Å². The van der Waals surface area contributed by atoms with Gasteiger partial charge in [-0.25, -0.2) is 9.59 Å². The largest absolute Gasteiger partial charge is 1.00 e. The zero-order chi connectivity index (χ0) is 9.72. The van der Waals surface area contributed by atoms with Crippen molar-refractivity contribution < 1.29 is 82.8 Å².